The molecule has 0 bridgehead atoms. The zero-order chi connectivity index (χ0) is 55.0. The van der Waals surface area contributed by atoms with Crippen molar-refractivity contribution >= 4 is 64.5 Å². The quantitative estimate of drug-likeness (QED) is 0.0862. The summed E-state index contributed by atoms with van der Waals surface area (Å²) in [6.45, 7) is -0.318. The number of sulfonamides is 1. The number of rotatable bonds is 13. The average Bonchev–Trinajstić information content (AvgIpc) is 3.99. The monoisotopic (exact) mass is 1170 g/mol. The normalized spacial score (nSPS) is 17.9. The number of benzene rings is 2. The summed E-state index contributed by atoms with van der Waals surface area (Å²) in [6.07, 6.45) is -6.61. The minimum Gasteiger partial charge on any atom is -0.304 e. The maximum absolute atomic E-state index is 14.2. The number of halogens is 13. The summed E-state index contributed by atoms with van der Waals surface area (Å²) < 4.78 is 177. The minimum atomic E-state index is -4.59. The molecule has 76 heavy (non-hydrogen) atoms. The van der Waals surface area contributed by atoms with Crippen LogP contribution in [0.25, 0.3) is 22.3 Å². The standard InChI is InChI=1S/C24H19ClF5N3O3S.C18H16ClF4N3O.C6H4ClFO2S.CH4/c25-20-12-31-17(10-19(20)14-1-8-23(32-11-14)24(28,29)30)4-7-22(34)21-9-16(27)13-33(21)37(35,36)18-5-2-15(26)3-6-18;19-14-9-24-12(2-3-16(27)15-5-11(20)8-25-15)6-13(14)10-1-4-17(26-7-10)18(21,22)23;7-11(9,10)6-3-1-5(8)2-4-6;/h1-3,5-6,8,10-12,16,21H,4,7,9,13H2;1,4,6-7,9,11,15,25H,2-3,5,8H2;1-4H;1H4/t16-,21+;11-,15+;;/m11../s1. The van der Waals surface area contributed by atoms with Gasteiger partial charge >= 0.3 is 12.4 Å². The van der Waals surface area contributed by atoms with Gasteiger partial charge in [-0.15, -0.1) is 0 Å². The number of nitrogens with one attached hydrogen (secondary N) is 1. The van der Waals surface area contributed by atoms with E-state index in [4.69, 9.17) is 33.9 Å². The number of nitrogens with zero attached hydrogens (tertiary/aromatic N) is 5. The van der Waals surface area contributed by atoms with Gasteiger partial charge < -0.3 is 5.32 Å². The first-order valence-corrected chi connectivity index (χ1v) is 26.5. The van der Waals surface area contributed by atoms with Crippen molar-refractivity contribution in [3.8, 4) is 22.3 Å². The lowest BCUT2D eigenvalue weighted by molar-refractivity contribution is -0.141. The number of carbonyl (C=O) groups excluding carboxylic acids is 2. The highest BCUT2D eigenvalue weighted by Crippen LogP contribution is 2.35. The van der Waals surface area contributed by atoms with E-state index in [0.717, 1.165) is 77.4 Å². The molecule has 6 heterocycles. The van der Waals surface area contributed by atoms with E-state index in [9.17, 15) is 70.3 Å². The van der Waals surface area contributed by atoms with Crippen LogP contribution in [-0.4, -0.2) is 90.2 Å². The fourth-order valence-corrected chi connectivity index (χ4v) is 10.4. The van der Waals surface area contributed by atoms with Crippen molar-refractivity contribution < 1.29 is 70.3 Å². The second kappa shape index (κ2) is 25.7. The van der Waals surface area contributed by atoms with Gasteiger partial charge in [-0.1, -0.05) is 42.8 Å². The van der Waals surface area contributed by atoms with Gasteiger partial charge in [-0.3, -0.25) is 29.5 Å². The molecule has 0 spiro atoms. The van der Waals surface area contributed by atoms with Gasteiger partial charge in [-0.2, -0.15) is 30.6 Å². The van der Waals surface area contributed by atoms with Gasteiger partial charge in [-0.25, -0.2) is 34.4 Å². The van der Waals surface area contributed by atoms with E-state index in [2.05, 4.69) is 25.3 Å². The van der Waals surface area contributed by atoms with Crippen molar-refractivity contribution in [2.24, 2.45) is 0 Å². The van der Waals surface area contributed by atoms with Gasteiger partial charge in [0.2, 0.25) is 10.0 Å². The topological polar surface area (TPSA) is 169 Å². The number of carbonyl (C=O) groups is 2. The minimum absolute atomic E-state index is 0. The highest BCUT2D eigenvalue weighted by molar-refractivity contribution is 8.13. The van der Waals surface area contributed by atoms with E-state index in [1.807, 2.05) is 0 Å². The van der Waals surface area contributed by atoms with E-state index in [1.54, 1.807) is 6.07 Å². The van der Waals surface area contributed by atoms with Crippen molar-refractivity contribution in [2.75, 3.05) is 13.1 Å². The molecule has 2 fully saturated rings. The largest absolute Gasteiger partial charge is 0.433 e. The molecular weight excluding hydrogens is 1130 g/mol. The molecule has 2 saturated heterocycles. The highest BCUT2D eigenvalue weighted by atomic mass is 35.7. The molecule has 0 amide bonds. The second-order valence-corrected chi connectivity index (χ2v) is 21.9. The number of hydrogen-bond donors (Lipinski definition) is 1. The van der Waals surface area contributed by atoms with E-state index >= 15 is 0 Å². The molecular formula is C49H43Cl3F10N6O6S2. The number of alkyl halides is 8. The fourth-order valence-electron chi connectivity index (χ4n) is 7.56. The smallest absolute Gasteiger partial charge is 0.304 e. The Morgan fingerprint density at radius 3 is 1.46 bits per heavy atom. The molecule has 6 aromatic rings. The lowest BCUT2D eigenvalue weighted by Gasteiger charge is -2.22. The van der Waals surface area contributed by atoms with E-state index in [0.29, 0.717) is 40.1 Å². The molecule has 0 unspecified atom stereocenters. The summed E-state index contributed by atoms with van der Waals surface area (Å²) in [7, 11) is -3.00. The molecule has 0 radical (unpaired) electrons. The lowest BCUT2D eigenvalue weighted by atomic mass is 10.0. The lowest BCUT2D eigenvalue weighted by Crippen LogP contribution is -2.40. The Labute approximate surface area is 444 Å². The number of pyridine rings is 4. The first-order valence-electron chi connectivity index (χ1n) is 22.0. The second-order valence-electron chi connectivity index (χ2n) is 16.7. The molecule has 2 aromatic carbocycles. The zero-order valence-corrected chi connectivity index (χ0v) is 42.2. The fraction of sp³-hybridized carbons (Fsp3) is 0.306. The summed E-state index contributed by atoms with van der Waals surface area (Å²) in [6, 6.07) is 13.9. The van der Waals surface area contributed by atoms with Crippen LogP contribution in [0, 0.1) is 11.6 Å². The third kappa shape index (κ3) is 16.4. The molecule has 0 aliphatic carbocycles. The molecule has 2 aliphatic heterocycles. The van der Waals surface area contributed by atoms with Gasteiger partial charge in [0, 0.05) is 108 Å². The van der Waals surface area contributed by atoms with E-state index < -0.39 is 91.2 Å². The van der Waals surface area contributed by atoms with Crippen LogP contribution >= 0.6 is 33.9 Å². The van der Waals surface area contributed by atoms with E-state index in [-0.39, 0.29) is 71.7 Å². The van der Waals surface area contributed by atoms with Crippen LogP contribution in [0.4, 0.5) is 43.9 Å². The van der Waals surface area contributed by atoms with Gasteiger partial charge in [0.1, 0.15) is 41.1 Å². The van der Waals surface area contributed by atoms with Crippen LogP contribution in [0.3, 0.4) is 0 Å². The molecule has 12 nitrogen and oxygen atoms in total. The Morgan fingerprint density at radius 1 is 0.618 bits per heavy atom. The van der Waals surface area contributed by atoms with Crippen LogP contribution in [-0.2, 0) is 53.9 Å². The van der Waals surface area contributed by atoms with Gasteiger partial charge in [0.25, 0.3) is 9.05 Å². The molecule has 0 saturated carbocycles. The Morgan fingerprint density at radius 2 is 1.07 bits per heavy atom. The van der Waals surface area contributed by atoms with Crippen LogP contribution in [0.2, 0.25) is 10.0 Å². The summed E-state index contributed by atoms with van der Waals surface area (Å²) in [4.78, 5) is 39.9. The average molecular weight is 1170 g/mol. The number of ketones is 2. The number of aromatic nitrogens is 4. The molecule has 2 aliphatic rings. The van der Waals surface area contributed by atoms with Gasteiger partial charge in [0.15, 0.2) is 5.78 Å². The van der Waals surface area contributed by atoms with Gasteiger partial charge in [-0.05, 0) is 85.6 Å². The first kappa shape index (κ1) is 61.2. The SMILES string of the molecule is C.O=C(CCc1cc(-c2ccc(C(F)(F)F)nc2)c(Cl)cn1)[C@@H]1C[C@@H](F)CN1.O=C(CCc1cc(-c2ccc(C(F)(F)F)nc2)c(Cl)cn1)[C@@H]1C[C@@H](F)CN1S(=O)(=O)c1ccc(F)cc1.O=S(=O)(Cl)c1ccc(F)cc1. The predicted octanol–water partition coefficient (Wildman–Crippen LogP) is 11.7. The van der Waals surface area contributed by atoms with Crippen molar-refractivity contribution in [3.05, 3.63) is 154 Å². The summed E-state index contributed by atoms with van der Waals surface area (Å²) >= 11 is 12.3. The molecule has 8 rings (SSSR count). The summed E-state index contributed by atoms with van der Waals surface area (Å²) in [5, 5.41) is 3.26. The van der Waals surface area contributed by atoms with Crippen LogP contribution in [0.5, 0.6) is 0 Å². The van der Waals surface area contributed by atoms with E-state index in [1.165, 1.54) is 30.6 Å². The van der Waals surface area contributed by atoms with Crippen molar-refractivity contribution in [2.45, 2.75) is 92.5 Å². The Bertz CT molecular complexity index is 3200. The third-order valence-corrected chi connectivity index (χ3v) is 15.2. The molecule has 408 valence electrons. The van der Waals surface area contributed by atoms with Crippen molar-refractivity contribution in [1.82, 2.24) is 29.6 Å². The maximum Gasteiger partial charge on any atom is 0.433 e. The Hall–Kier alpha value is -5.63. The Kier molecular flexibility index (Phi) is 20.7. The molecule has 4 atom stereocenters. The number of hydrogen-bond acceptors (Lipinski definition) is 11. The maximum atomic E-state index is 14.2. The van der Waals surface area contributed by atoms with Gasteiger partial charge in [0.05, 0.1) is 31.9 Å². The predicted molar refractivity (Wildman–Crippen MR) is 263 cm³/mol. The number of aryl methyl sites for hydroxylation is 2. The summed E-state index contributed by atoms with van der Waals surface area (Å²) in [5.74, 6) is -1.75. The molecule has 1 N–H and O–H groups in total. The molecule has 27 heteroatoms. The summed E-state index contributed by atoms with van der Waals surface area (Å²) in [5.41, 5.74) is 0.449. The van der Waals surface area contributed by atoms with Crippen LogP contribution in [0.15, 0.2) is 120 Å². The molecule has 4 aromatic heterocycles. The van der Waals surface area contributed by atoms with Crippen LogP contribution in [0.1, 0.15) is 55.9 Å². The zero-order valence-electron chi connectivity index (χ0n) is 38.3. The first-order chi connectivity index (χ1) is 35.1. The van der Waals surface area contributed by atoms with Crippen molar-refractivity contribution in [1.29, 1.82) is 0 Å². The number of Topliss-reactive ketones (excluding diaryl/α,β-unsaturated/α-hetero) is 2. The van der Waals surface area contributed by atoms with Crippen LogP contribution < -0.4 is 5.32 Å². The van der Waals surface area contributed by atoms with Crippen molar-refractivity contribution in [3.63, 3.8) is 0 Å². The Balaban J connectivity index is 0.000000238. The third-order valence-electron chi connectivity index (χ3n) is 11.4. The highest BCUT2D eigenvalue weighted by Gasteiger charge is 2.44.